The monoisotopic (exact) mass is 287 g/mol. The van der Waals surface area contributed by atoms with Crippen molar-refractivity contribution in [2.24, 2.45) is 0 Å². The molecule has 21 heavy (non-hydrogen) atoms. The second-order valence-corrected chi connectivity index (χ2v) is 5.27. The first kappa shape index (κ1) is 15.1. The highest BCUT2D eigenvalue weighted by molar-refractivity contribution is 5.77. The van der Waals surface area contributed by atoms with Crippen LogP contribution in [-0.4, -0.2) is 34.4 Å². The van der Waals surface area contributed by atoms with Crippen LogP contribution < -0.4 is 4.74 Å². The van der Waals surface area contributed by atoms with Gasteiger partial charge in [-0.1, -0.05) is 32.0 Å². The van der Waals surface area contributed by atoms with Crippen molar-refractivity contribution in [3.63, 3.8) is 0 Å². The maximum Gasteiger partial charge on any atom is 0.260 e. The second kappa shape index (κ2) is 6.92. The number of rotatable bonds is 6. The third kappa shape index (κ3) is 4.08. The highest BCUT2D eigenvalue weighted by atomic mass is 16.5. The lowest BCUT2D eigenvalue weighted by atomic mass is 10.0. The highest BCUT2D eigenvalue weighted by Crippen LogP contribution is 2.25. The van der Waals surface area contributed by atoms with Crippen LogP contribution in [0.1, 0.15) is 31.2 Å². The number of para-hydroxylation sites is 1. The molecule has 0 atom stereocenters. The predicted octanol–water partition coefficient (Wildman–Crippen LogP) is 2.57. The topological polar surface area (TPSA) is 58.2 Å². The number of nitrogens with zero attached hydrogens (tertiary/aromatic N) is 2. The van der Waals surface area contributed by atoms with Crippen molar-refractivity contribution in [3.05, 3.63) is 48.0 Å². The number of carbonyl (C=O) groups excluding carboxylic acids is 1. The molecule has 1 heterocycles. The molecule has 112 valence electrons. The number of hydrogen-bond acceptors (Lipinski definition) is 3. The molecule has 0 radical (unpaired) electrons. The van der Waals surface area contributed by atoms with E-state index in [0.29, 0.717) is 12.5 Å². The molecule has 1 N–H and O–H groups in total. The van der Waals surface area contributed by atoms with E-state index in [0.717, 1.165) is 17.1 Å². The summed E-state index contributed by atoms with van der Waals surface area (Å²) >= 11 is 0. The van der Waals surface area contributed by atoms with Crippen LogP contribution in [0.4, 0.5) is 0 Å². The summed E-state index contributed by atoms with van der Waals surface area (Å²) in [5, 5.41) is 0. The van der Waals surface area contributed by atoms with Crippen LogP contribution in [0.5, 0.6) is 5.75 Å². The number of imidazole rings is 1. The van der Waals surface area contributed by atoms with Crippen molar-refractivity contribution < 1.29 is 9.53 Å². The van der Waals surface area contributed by atoms with E-state index in [1.54, 1.807) is 24.3 Å². The zero-order chi connectivity index (χ0) is 15.2. The van der Waals surface area contributed by atoms with Crippen molar-refractivity contribution in [3.8, 4) is 5.75 Å². The van der Waals surface area contributed by atoms with Crippen LogP contribution >= 0.6 is 0 Å². The number of ether oxygens (including phenoxy) is 1. The summed E-state index contributed by atoms with van der Waals surface area (Å²) in [5.74, 6) is 1.81. The van der Waals surface area contributed by atoms with Crippen molar-refractivity contribution in [2.45, 2.75) is 26.3 Å². The lowest BCUT2D eigenvalue weighted by Crippen LogP contribution is -2.31. The van der Waals surface area contributed by atoms with E-state index < -0.39 is 0 Å². The molecule has 0 saturated carbocycles. The molecule has 0 bridgehead atoms. The Hall–Kier alpha value is -2.30. The van der Waals surface area contributed by atoms with Gasteiger partial charge in [0.05, 0.1) is 6.54 Å². The lowest BCUT2D eigenvalue weighted by Gasteiger charge is -2.18. The molecule has 0 unspecified atom stereocenters. The molecule has 0 saturated heterocycles. The van der Waals surface area contributed by atoms with E-state index in [9.17, 15) is 4.79 Å². The average Bonchev–Trinajstić information content (AvgIpc) is 2.97. The minimum absolute atomic E-state index is 0.0287. The fourth-order valence-corrected chi connectivity index (χ4v) is 2.04. The molecule has 5 nitrogen and oxygen atoms in total. The van der Waals surface area contributed by atoms with E-state index in [1.165, 1.54) is 0 Å². The minimum atomic E-state index is -0.0787. The van der Waals surface area contributed by atoms with Gasteiger partial charge in [0.25, 0.3) is 5.91 Å². The molecule has 0 aliphatic carbocycles. The smallest absolute Gasteiger partial charge is 0.260 e. The van der Waals surface area contributed by atoms with E-state index in [1.807, 2.05) is 24.3 Å². The van der Waals surface area contributed by atoms with Gasteiger partial charge in [0.1, 0.15) is 11.6 Å². The SMILES string of the molecule is CC(C)c1ccccc1OCC(=O)N(C)Cc1ncc[nH]1. The first-order chi connectivity index (χ1) is 10.1. The molecule has 0 aliphatic rings. The standard InChI is InChI=1S/C16H21N3O2/c1-12(2)13-6-4-5-7-14(13)21-11-16(20)19(3)10-15-17-8-9-18-15/h4-9,12H,10-11H2,1-3H3,(H,17,18). The number of likely N-dealkylation sites (N-methyl/N-ethyl adjacent to an activating group) is 1. The van der Waals surface area contributed by atoms with Crippen LogP contribution in [0.25, 0.3) is 0 Å². The molecule has 5 heteroatoms. The second-order valence-electron chi connectivity index (χ2n) is 5.27. The zero-order valence-electron chi connectivity index (χ0n) is 12.7. The van der Waals surface area contributed by atoms with Gasteiger partial charge in [-0.25, -0.2) is 4.98 Å². The Kier molecular flexibility index (Phi) is 4.98. The molecule has 0 aliphatic heterocycles. The Morgan fingerprint density at radius 3 is 2.81 bits per heavy atom. The van der Waals surface area contributed by atoms with Crippen LogP contribution in [0.3, 0.4) is 0 Å². The largest absolute Gasteiger partial charge is 0.483 e. The van der Waals surface area contributed by atoms with Crippen molar-refractivity contribution in [1.29, 1.82) is 0 Å². The number of amides is 1. The Morgan fingerprint density at radius 2 is 2.14 bits per heavy atom. The maximum atomic E-state index is 12.1. The van der Waals surface area contributed by atoms with Gasteiger partial charge in [-0.3, -0.25) is 4.79 Å². The molecular weight excluding hydrogens is 266 g/mol. The highest BCUT2D eigenvalue weighted by Gasteiger charge is 2.13. The van der Waals surface area contributed by atoms with E-state index in [2.05, 4.69) is 23.8 Å². The molecule has 2 rings (SSSR count). The summed E-state index contributed by atoms with van der Waals surface area (Å²) in [6.07, 6.45) is 3.41. The number of carbonyl (C=O) groups is 1. The number of H-pyrrole nitrogens is 1. The lowest BCUT2D eigenvalue weighted by molar-refractivity contribution is -0.132. The van der Waals surface area contributed by atoms with Gasteiger partial charge in [-0.15, -0.1) is 0 Å². The van der Waals surface area contributed by atoms with Crippen LogP contribution in [-0.2, 0) is 11.3 Å². The maximum absolute atomic E-state index is 12.1. The number of aromatic amines is 1. The number of aromatic nitrogens is 2. The van der Waals surface area contributed by atoms with E-state index in [4.69, 9.17) is 4.74 Å². The van der Waals surface area contributed by atoms with Gasteiger partial charge in [0, 0.05) is 19.4 Å². The summed E-state index contributed by atoms with van der Waals surface area (Å²) in [5.41, 5.74) is 1.11. The van der Waals surface area contributed by atoms with Crippen molar-refractivity contribution >= 4 is 5.91 Å². The summed E-state index contributed by atoms with van der Waals surface area (Å²) < 4.78 is 5.68. The summed E-state index contributed by atoms with van der Waals surface area (Å²) in [4.78, 5) is 20.8. The number of hydrogen-bond donors (Lipinski definition) is 1. The number of nitrogens with one attached hydrogen (secondary N) is 1. The van der Waals surface area contributed by atoms with Crippen LogP contribution in [0.15, 0.2) is 36.7 Å². The van der Waals surface area contributed by atoms with Gasteiger partial charge in [0.15, 0.2) is 6.61 Å². The Bertz CT molecular complexity index is 579. The van der Waals surface area contributed by atoms with Crippen molar-refractivity contribution in [2.75, 3.05) is 13.7 Å². The Labute approximate surface area is 125 Å². The molecule has 1 aromatic carbocycles. The quantitative estimate of drug-likeness (QED) is 0.888. The fourth-order valence-electron chi connectivity index (χ4n) is 2.04. The van der Waals surface area contributed by atoms with Gasteiger partial charge in [-0.05, 0) is 17.5 Å². The zero-order valence-corrected chi connectivity index (χ0v) is 12.7. The molecule has 1 aromatic heterocycles. The van der Waals surface area contributed by atoms with Gasteiger partial charge < -0.3 is 14.6 Å². The molecule has 0 fully saturated rings. The molecule has 2 aromatic rings. The van der Waals surface area contributed by atoms with E-state index in [-0.39, 0.29) is 12.5 Å². The Morgan fingerprint density at radius 1 is 1.38 bits per heavy atom. The average molecular weight is 287 g/mol. The molecular formula is C16H21N3O2. The molecule has 1 amide bonds. The van der Waals surface area contributed by atoms with Crippen LogP contribution in [0, 0.1) is 0 Å². The van der Waals surface area contributed by atoms with Crippen molar-refractivity contribution in [1.82, 2.24) is 14.9 Å². The van der Waals surface area contributed by atoms with Gasteiger partial charge in [-0.2, -0.15) is 0 Å². The Balaban J connectivity index is 1.92. The molecule has 0 spiro atoms. The number of benzene rings is 1. The first-order valence-electron chi connectivity index (χ1n) is 7.02. The van der Waals surface area contributed by atoms with Gasteiger partial charge >= 0.3 is 0 Å². The normalized spacial score (nSPS) is 10.7. The van der Waals surface area contributed by atoms with Gasteiger partial charge in [0.2, 0.25) is 0 Å². The summed E-state index contributed by atoms with van der Waals surface area (Å²) in [6.45, 7) is 4.68. The fraction of sp³-hybridized carbons (Fsp3) is 0.375. The predicted molar refractivity (Wildman–Crippen MR) is 81.1 cm³/mol. The van der Waals surface area contributed by atoms with Crippen LogP contribution in [0.2, 0.25) is 0 Å². The minimum Gasteiger partial charge on any atom is -0.483 e. The van der Waals surface area contributed by atoms with E-state index >= 15 is 0 Å². The third-order valence-corrected chi connectivity index (χ3v) is 3.26. The first-order valence-corrected chi connectivity index (χ1v) is 7.02. The summed E-state index contributed by atoms with van der Waals surface area (Å²) in [7, 11) is 1.74. The third-order valence-electron chi connectivity index (χ3n) is 3.26. The summed E-state index contributed by atoms with van der Waals surface area (Å²) in [6, 6.07) is 7.82.